The maximum absolute atomic E-state index is 5.81. The van der Waals surface area contributed by atoms with Gasteiger partial charge in [-0.25, -0.2) is 0 Å². The average Bonchev–Trinajstić information content (AvgIpc) is 2.97. The first-order chi connectivity index (χ1) is 10.1. The maximum atomic E-state index is 5.81. The lowest BCUT2D eigenvalue weighted by Crippen LogP contribution is -2.22. The molecule has 1 saturated heterocycles. The molecular formula is C14H17BrN6. The van der Waals surface area contributed by atoms with Crippen molar-refractivity contribution in [2.75, 3.05) is 29.0 Å². The van der Waals surface area contributed by atoms with E-state index in [-0.39, 0.29) is 5.95 Å². The maximum Gasteiger partial charge on any atom is 0.233 e. The van der Waals surface area contributed by atoms with Crippen molar-refractivity contribution < 1.29 is 0 Å². The van der Waals surface area contributed by atoms with E-state index in [1.165, 1.54) is 0 Å². The van der Waals surface area contributed by atoms with Crippen LogP contribution in [0.2, 0.25) is 0 Å². The van der Waals surface area contributed by atoms with Crippen LogP contribution in [0.3, 0.4) is 0 Å². The summed E-state index contributed by atoms with van der Waals surface area (Å²) >= 11 is 3.57. The number of hydrogen-bond acceptors (Lipinski definition) is 6. The minimum atomic E-state index is 0.234. The molecule has 0 amide bonds. The van der Waals surface area contributed by atoms with Crippen LogP contribution in [0.25, 0.3) is 0 Å². The van der Waals surface area contributed by atoms with E-state index in [0.29, 0.717) is 11.9 Å². The summed E-state index contributed by atoms with van der Waals surface area (Å²) in [6.45, 7) is 3.97. The van der Waals surface area contributed by atoms with E-state index in [0.717, 1.165) is 41.7 Å². The van der Waals surface area contributed by atoms with Gasteiger partial charge < -0.3 is 16.0 Å². The van der Waals surface area contributed by atoms with Gasteiger partial charge >= 0.3 is 0 Å². The third-order valence-corrected chi connectivity index (χ3v) is 4.52. The van der Waals surface area contributed by atoms with Crippen molar-refractivity contribution >= 4 is 39.5 Å². The van der Waals surface area contributed by atoms with Crippen LogP contribution in [0.4, 0.5) is 23.5 Å². The monoisotopic (exact) mass is 348 g/mol. The van der Waals surface area contributed by atoms with Crippen molar-refractivity contribution in [2.45, 2.75) is 19.8 Å². The second-order valence-corrected chi connectivity index (χ2v) is 5.87. The van der Waals surface area contributed by atoms with Crippen LogP contribution in [-0.4, -0.2) is 28.0 Å². The number of nitrogen functional groups attached to an aromatic ring is 1. The number of aryl methyl sites for hydroxylation is 1. The molecule has 2 aromatic rings. The minimum absolute atomic E-state index is 0.234. The number of anilines is 4. The normalized spacial score (nSPS) is 14.5. The Bertz CT molecular complexity index is 654. The molecule has 21 heavy (non-hydrogen) atoms. The molecule has 1 aromatic heterocycles. The summed E-state index contributed by atoms with van der Waals surface area (Å²) in [5.74, 6) is 1.35. The zero-order valence-electron chi connectivity index (χ0n) is 11.8. The molecule has 1 aromatic carbocycles. The van der Waals surface area contributed by atoms with Gasteiger partial charge in [-0.1, -0.05) is 12.1 Å². The predicted molar refractivity (Wildman–Crippen MR) is 87.8 cm³/mol. The molecule has 1 aliphatic heterocycles. The third kappa shape index (κ3) is 3.07. The summed E-state index contributed by atoms with van der Waals surface area (Å²) in [4.78, 5) is 15.0. The highest BCUT2D eigenvalue weighted by molar-refractivity contribution is 9.10. The largest absolute Gasteiger partial charge is 0.368 e. The zero-order chi connectivity index (χ0) is 14.8. The van der Waals surface area contributed by atoms with Gasteiger partial charge in [0.25, 0.3) is 0 Å². The molecule has 0 bridgehead atoms. The number of nitrogens with one attached hydrogen (secondary N) is 1. The van der Waals surface area contributed by atoms with Gasteiger partial charge in [0, 0.05) is 17.6 Å². The second kappa shape index (κ2) is 5.85. The Morgan fingerprint density at radius 3 is 2.71 bits per heavy atom. The lowest BCUT2D eigenvalue weighted by Gasteiger charge is -2.16. The molecule has 0 radical (unpaired) electrons. The molecular weight excluding hydrogens is 332 g/mol. The number of nitrogens with two attached hydrogens (primary N) is 1. The molecule has 3 N–H and O–H groups in total. The topological polar surface area (TPSA) is 80.0 Å². The van der Waals surface area contributed by atoms with Gasteiger partial charge in [-0.15, -0.1) is 0 Å². The van der Waals surface area contributed by atoms with E-state index in [1.54, 1.807) is 0 Å². The van der Waals surface area contributed by atoms with E-state index in [4.69, 9.17) is 5.73 Å². The number of halogens is 1. The van der Waals surface area contributed by atoms with Crippen molar-refractivity contribution in [3.63, 3.8) is 0 Å². The van der Waals surface area contributed by atoms with Crippen LogP contribution in [0.15, 0.2) is 22.7 Å². The third-order valence-electron chi connectivity index (χ3n) is 3.47. The standard InChI is InChI=1S/C14H17BrN6/c1-9-5-4-6-10(11(9)15)17-13-18-12(16)19-14(20-13)21-7-2-3-8-21/h4-6H,2-3,7-8H2,1H3,(H3,16,17,18,19,20). The van der Waals surface area contributed by atoms with Gasteiger partial charge in [-0.2, -0.15) is 15.0 Å². The Morgan fingerprint density at radius 1 is 1.19 bits per heavy atom. The summed E-state index contributed by atoms with van der Waals surface area (Å²) in [5.41, 5.74) is 7.86. The van der Waals surface area contributed by atoms with Crippen LogP contribution in [0.5, 0.6) is 0 Å². The van der Waals surface area contributed by atoms with Gasteiger partial charge in [0.05, 0.1) is 5.69 Å². The molecule has 110 valence electrons. The Hall–Kier alpha value is -1.89. The summed E-state index contributed by atoms with van der Waals surface area (Å²) in [6.07, 6.45) is 2.33. The van der Waals surface area contributed by atoms with E-state index in [2.05, 4.69) is 41.1 Å². The number of nitrogens with zero attached hydrogens (tertiary/aromatic N) is 4. The zero-order valence-corrected chi connectivity index (χ0v) is 13.4. The van der Waals surface area contributed by atoms with Crippen molar-refractivity contribution in [3.05, 3.63) is 28.2 Å². The van der Waals surface area contributed by atoms with Crippen molar-refractivity contribution in [3.8, 4) is 0 Å². The molecule has 3 rings (SSSR count). The minimum Gasteiger partial charge on any atom is -0.368 e. The molecule has 0 atom stereocenters. The smallest absolute Gasteiger partial charge is 0.233 e. The number of rotatable bonds is 3. The van der Waals surface area contributed by atoms with Crippen LogP contribution in [0.1, 0.15) is 18.4 Å². The molecule has 2 heterocycles. The fourth-order valence-corrected chi connectivity index (χ4v) is 2.72. The summed E-state index contributed by atoms with van der Waals surface area (Å²) < 4.78 is 0.992. The molecule has 0 unspecified atom stereocenters. The first-order valence-electron chi connectivity index (χ1n) is 6.92. The lowest BCUT2D eigenvalue weighted by molar-refractivity contribution is 0.887. The molecule has 1 aliphatic rings. The highest BCUT2D eigenvalue weighted by atomic mass is 79.9. The number of aromatic nitrogens is 3. The highest BCUT2D eigenvalue weighted by Crippen LogP contribution is 2.28. The van der Waals surface area contributed by atoms with Gasteiger partial charge in [0.2, 0.25) is 17.8 Å². The van der Waals surface area contributed by atoms with E-state index >= 15 is 0 Å². The van der Waals surface area contributed by atoms with Crippen molar-refractivity contribution in [1.82, 2.24) is 15.0 Å². The second-order valence-electron chi connectivity index (χ2n) is 5.07. The van der Waals surface area contributed by atoms with E-state index in [1.807, 2.05) is 25.1 Å². The average molecular weight is 349 g/mol. The quantitative estimate of drug-likeness (QED) is 0.887. The van der Waals surface area contributed by atoms with Crippen molar-refractivity contribution in [2.24, 2.45) is 0 Å². The van der Waals surface area contributed by atoms with Gasteiger partial charge in [-0.3, -0.25) is 0 Å². The molecule has 0 spiro atoms. The predicted octanol–water partition coefficient (Wildman–Crippen LogP) is 2.87. The first-order valence-corrected chi connectivity index (χ1v) is 7.71. The lowest BCUT2D eigenvalue weighted by atomic mass is 10.2. The number of benzene rings is 1. The molecule has 1 fully saturated rings. The number of hydrogen-bond donors (Lipinski definition) is 2. The molecule has 0 saturated carbocycles. The van der Waals surface area contributed by atoms with E-state index in [9.17, 15) is 0 Å². The SMILES string of the molecule is Cc1cccc(Nc2nc(N)nc(N3CCCC3)n2)c1Br. The summed E-state index contributed by atoms with van der Waals surface area (Å²) in [6, 6.07) is 5.98. The van der Waals surface area contributed by atoms with Gasteiger partial charge in [0.15, 0.2) is 0 Å². The van der Waals surface area contributed by atoms with Crippen LogP contribution >= 0.6 is 15.9 Å². The fraction of sp³-hybridized carbons (Fsp3) is 0.357. The Morgan fingerprint density at radius 2 is 1.95 bits per heavy atom. The fourth-order valence-electron chi connectivity index (χ4n) is 2.36. The highest BCUT2D eigenvalue weighted by Gasteiger charge is 2.17. The summed E-state index contributed by atoms with van der Waals surface area (Å²) in [5, 5.41) is 3.20. The first kappa shape index (κ1) is 14.1. The van der Waals surface area contributed by atoms with Crippen LogP contribution < -0.4 is 16.0 Å². The Kier molecular flexibility index (Phi) is 3.92. The Balaban J connectivity index is 1.89. The molecule has 7 heteroatoms. The van der Waals surface area contributed by atoms with Gasteiger partial charge in [-0.05, 0) is 47.3 Å². The van der Waals surface area contributed by atoms with Crippen LogP contribution in [0, 0.1) is 6.92 Å². The van der Waals surface area contributed by atoms with Crippen LogP contribution in [-0.2, 0) is 0 Å². The van der Waals surface area contributed by atoms with Crippen molar-refractivity contribution in [1.29, 1.82) is 0 Å². The Labute approximate surface area is 131 Å². The van der Waals surface area contributed by atoms with E-state index < -0.39 is 0 Å². The molecule has 6 nitrogen and oxygen atoms in total. The summed E-state index contributed by atoms with van der Waals surface area (Å²) in [7, 11) is 0. The van der Waals surface area contributed by atoms with Gasteiger partial charge in [0.1, 0.15) is 0 Å². The molecule has 0 aliphatic carbocycles.